The predicted molar refractivity (Wildman–Crippen MR) is 75.2 cm³/mol. The second kappa shape index (κ2) is 6.19. The van der Waals surface area contributed by atoms with Gasteiger partial charge in [-0.05, 0) is 12.1 Å². The van der Waals surface area contributed by atoms with Crippen LogP contribution in [0.25, 0.3) is 10.8 Å². The summed E-state index contributed by atoms with van der Waals surface area (Å²) in [6, 6.07) is 5.49. The highest BCUT2D eigenvalue weighted by molar-refractivity contribution is 7.88. The van der Waals surface area contributed by atoms with Crippen molar-refractivity contribution < 1.29 is 51.5 Å². The Labute approximate surface area is 142 Å². The maximum Gasteiger partial charge on any atom is 0.534 e. The zero-order valence-electron chi connectivity index (χ0n) is 12.0. The zero-order valence-corrected chi connectivity index (χ0v) is 13.6. The molecule has 0 saturated carbocycles. The van der Waals surface area contributed by atoms with Crippen LogP contribution in [0.2, 0.25) is 0 Å². The maximum absolute atomic E-state index is 12.4. The van der Waals surface area contributed by atoms with Gasteiger partial charge < -0.3 is 8.37 Å². The van der Waals surface area contributed by atoms with Crippen molar-refractivity contribution in [1.82, 2.24) is 0 Å². The summed E-state index contributed by atoms with van der Waals surface area (Å²) in [6.07, 6.45) is 0. The first-order chi connectivity index (χ1) is 11.7. The van der Waals surface area contributed by atoms with Crippen molar-refractivity contribution in [3.8, 4) is 11.5 Å². The summed E-state index contributed by atoms with van der Waals surface area (Å²) in [4.78, 5) is 0. The minimum Gasteiger partial charge on any atom is -0.375 e. The van der Waals surface area contributed by atoms with Crippen LogP contribution in [0.5, 0.6) is 11.5 Å². The molecule has 0 unspecified atom stereocenters. The Kier molecular flexibility index (Phi) is 4.78. The number of halogens is 6. The second-order valence-corrected chi connectivity index (χ2v) is 7.65. The van der Waals surface area contributed by atoms with E-state index in [-0.39, 0.29) is 0 Å². The van der Waals surface area contributed by atoms with Crippen molar-refractivity contribution in [2.45, 2.75) is 11.0 Å². The standard InChI is InChI=1S/C12H6F6O6S2/c13-11(14,15)25(19,20)23-9-5-6-10(8-4-2-1-3-7(8)9)24-26(21,22)12(16,17)18/h1-6H. The normalized spacial score (nSPS) is 13.6. The van der Waals surface area contributed by atoms with Gasteiger partial charge in [-0.2, -0.15) is 43.2 Å². The van der Waals surface area contributed by atoms with Crippen molar-refractivity contribution in [2.24, 2.45) is 0 Å². The number of alkyl halides is 6. The van der Waals surface area contributed by atoms with Crippen LogP contribution in [0.3, 0.4) is 0 Å². The smallest absolute Gasteiger partial charge is 0.375 e. The Bertz CT molecular complexity index is 956. The van der Waals surface area contributed by atoms with Gasteiger partial charge in [0.2, 0.25) is 0 Å². The van der Waals surface area contributed by atoms with Gasteiger partial charge >= 0.3 is 31.3 Å². The first-order valence-corrected chi connectivity index (χ1v) is 9.00. The van der Waals surface area contributed by atoms with E-state index in [1.807, 2.05) is 0 Å². The van der Waals surface area contributed by atoms with E-state index in [1.165, 1.54) is 12.1 Å². The van der Waals surface area contributed by atoms with Crippen molar-refractivity contribution in [3.05, 3.63) is 36.4 Å². The molecular weight excluding hydrogens is 418 g/mol. The number of benzene rings is 2. The summed E-state index contributed by atoms with van der Waals surface area (Å²) >= 11 is 0. The van der Waals surface area contributed by atoms with Crippen LogP contribution in [0, 0.1) is 0 Å². The summed E-state index contributed by atoms with van der Waals surface area (Å²) in [5.41, 5.74) is -11.5. The molecule has 0 spiro atoms. The second-order valence-electron chi connectivity index (χ2n) is 4.57. The third-order valence-corrected chi connectivity index (χ3v) is 4.74. The first-order valence-electron chi connectivity index (χ1n) is 6.19. The Balaban J connectivity index is 2.58. The molecule has 0 heterocycles. The summed E-state index contributed by atoms with van der Waals surface area (Å²) < 4.78 is 127. The molecule has 26 heavy (non-hydrogen) atoms. The predicted octanol–water partition coefficient (Wildman–Crippen LogP) is 3.30. The van der Waals surface area contributed by atoms with E-state index in [0.717, 1.165) is 12.1 Å². The van der Waals surface area contributed by atoms with E-state index >= 15 is 0 Å². The molecule has 0 saturated heterocycles. The Morgan fingerprint density at radius 3 is 1.19 bits per heavy atom. The van der Waals surface area contributed by atoms with Gasteiger partial charge in [0.25, 0.3) is 0 Å². The number of rotatable bonds is 4. The number of fused-ring (bicyclic) bond motifs is 1. The molecule has 0 radical (unpaired) electrons. The fraction of sp³-hybridized carbons (Fsp3) is 0.167. The Hall–Kier alpha value is -2.22. The molecule has 0 aliphatic rings. The monoisotopic (exact) mass is 424 g/mol. The fourth-order valence-electron chi connectivity index (χ4n) is 1.72. The van der Waals surface area contributed by atoms with Gasteiger partial charge in [-0.25, -0.2) is 0 Å². The molecule has 0 aromatic heterocycles. The topological polar surface area (TPSA) is 86.7 Å². The third kappa shape index (κ3) is 3.80. The van der Waals surface area contributed by atoms with E-state index in [9.17, 15) is 43.2 Å². The molecule has 0 aliphatic carbocycles. The largest absolute Gasteiger partial charge is 0.534 e. The van der Waals surface area contributed by atoms with Gasteiger partial charge in [0, 0.05) is 10.8 Å². The molecule has 0 fully saturated rings. The van der Waals surface area contributed by atoms with Gasteiger partial charge in [-0.3, -0.25) is 0 Å². The van der Waals surface area contributed by atoms with E-state index in [1.54, 1.807) is 0 Å². The maximum atomic E-state index is 12.4. The molecule has 0 bridgehead atoms. The SMILES string of the molecule is O=S(=O)(Oc1ccc(OS(=O)(=O)C(F)(F)F)c2ccccc12)C(F)(F)F. The molecule has 2 aromatic carbocycles. The van der Waals surface area contributed by atoms with E-state index in [2.05, 4.69) is 8.37 Å². The van der Waals surface area contributed by atoms with Crippen LogP contribution in [-0.4, -0.2) is 27.9 Å². The molecule has 144 valence electrons. The highest BCUT2D eigenvalue weighted by Crippen LogP contribution is 2.38. The molecule has 2 rings (SSSR count). The van der Waals surface area contributed by atoms with Crippen molar-refractivity contribution in [2.75, 3.05) is 0 Å². The van der Waals surface area contributed by atoms with Gasteiger partial charge in [-0.1, -0.05) is 24.3 Å². The molecule has 0 N–H and O–H groups in total. The molecule has 0 aliphatic heterocycles. The lowest BCUT2D eigenvalue weighted by Gasteiger charge is -2.14. The fourth-order valence-corrected chi connectivity index (χ4v) is 2.67. The van der Waals surface area contributed by atoms with Gasteiger partial charge in [0.1, 0.15) is 0 Å². The number of hydrogen-bond acceptors (Lipinski definition) is 6. The van der Waals surface area contributed by atoms with Crippen molar-refractivity contribution >= 4 is 31.0 Å². The van der Waals surface area contributed by atoms with Crippen LogP contribution in [-0.2, 0) is 20.2 Å². The average molecular weight is 424 g/mol. The lowest BCUT2D eigenvalue weighted by atomic mass is 10.1. The van der Waals surface area contributed by atoms with Crippen LogP contribution in [0.15, 0.2) is 36.4 Å². The minimum absolute atomic E-state index is 0.421. The summed E-state index contributed by atoms with van der Waals surface area (Å²) in [6.45, 7) is 0. The highest BCUT2D eigenvalue weighted by Gasteiger charge is 2.50. The van der Waals surface area contributed by atoms with E-state index in [0.29, 0.717) is 12.1 Å². The summed E-state index contributed by atoms with van der Waals surface area (Å²) in [5.74, 6) is -1.76. The summed E-state index contributed by atoms with van der Waals surface area (Å²) in [7, 11) is -12.1. The van der Waals surface area contributed by atoms with Crippen LogP contribution < -0.4 is 8.37 Å². The van der Waals surface area contributed by atoms with Crippen LogP contribution >= 0.6 is 0 Å². The van der Waals surface area contributed by atoms with E-state index in [4.69, 9.17) is 0 Å². The molecule has 14 heteroatoms. The molecule has 6 nitrogen and oxygen atoms in total. The van der Waals surface area contributed by atoms with Gasteiger partial charge in [0.05, 0.1) is 0 Å². The molecular formula is C12H6F6O6S2. The molecule has 0 atom stereocenters. The molecule has 2 aromatic rings. The van der Waals surface area contributed by atoms with Crippen LogP contribution in [0.4, 0.5) is 26.3 Å². The third-order valence-electron chi connectivity index (χ3n) is 2.81. The highest BCUT2D eigenvalue weighted by atomic mass is 32.2. The zero-order chi connectivity index (χ0) is 20.0. The Morgan fingerprint density at radius 1 is 0.615 bits per heavy atom. The summed E-state index contributed by atoms with van der Waals surface area (Å²) in [5, 5.41) is -0.842. The average Bonchev–Trinajstić information content (AvgIpc) is 2.47. The quantitative estimate of drug-likeness (QED) is 0.425. The van der Waals surface area contributed by atoms with Crippen molar-refractivity contribution in [1.29, 1.82) is 0 Å². The lowest BCUT2D eigenvalue weighted by molar-refractivity contribution is -0.0505. The van der Waals surface area contributed by atoms with E-state index < -0.39 is 53.5 Å². The first kappa shape index (κ1) is 20.1. The lowest BCUT2D eigenvalue weighted by Crippen LogP contribution is -2.28. The van der Waals surface area contributed by atoms with Gasteiger partial charge in [0.15, 0.2) is 11.5 Å². The number of hydrogen-bond donors (Lipinski definition) is 0. The Morgan fingerprint density at radius 2 is 0.923 bits per heavy atom. The van der Waals surface area contributed by atoms with Gasteiger partial charge in [-0.15, -0.1) is 0 Å². The van der Waals surface area contributed by atoms with Crippen LogP contribution in [0.1, 0.15) is 0 Å². The minimum atomic E-state index is -6.05. The van der Waals surface area contributed by atoms with Crippen molar-refractivity contribution in [3.63, 3.8) is 0 Å². The molecule has 0 amide bonds.